The normalized spacial score (nSPS) is 13.1. The van der Waals surface area contributed by atoms with Crippen LogP contribution in [0.2, 0.25) is 0 Å². The van der Waals surface area contributed by atoms with Gasteiger partial charge in [0.2, 0.25) is 5.30 Å². The molecule has 86 valence electrons. The van der Waals surface area contributed by atoms with Crippen LogP contribution in [0.5, 0.6) is 0 Å². The van der Waals surface area contributed by atoms with Crippen LogP contribution in [0.25, 0.3) is 0 Å². The van der Waals surface area contributed by atoms with Gasteiger partial charge in [-0.1, -0.05) is 48.5 Å². The molecule has 0 aliphatic carbocycles. The van der Waals surface area contributed by atoms with Gasteiger partial charge in [0.25, 0.3) is 0 Å². The lowest BCUT2D eigenvalue weighted by atomic mass is 10.1. The van der Waals surface area contributed by atoms with Crippen molar-refractivity contribution < 1.29 is 9.09 Å². The predicted octanol–water partition coefficient (Wildman–Crippen LogP) is 3.83. The quantitative estimate of drug-likeness (QED) is 0.765. The van der Waals surface area contributed by atoms with Crippen LogP contribution in [0.1, 0.15) is 18.6 Å². The predicted molar refractivity (Wildman–Crippen MR) is 69.6 cm³/mol. The van der Waals surface area contributed by atoms with Crippen LogP contribution in [0, 0.1) is 0 Å². The van der Waals surface area contributed by atoms with Crippen molar-refractivity contribution in [2.45, 2.75) is 13.0 Å². The van der Waals surface area contributed by atoms with Crippen molar-refractivity contribution in [1.29, 1.82) is 0 Å². The number of benzene rings is 2. The molecule has 0 fully saturated rings. The molecule has 0 heterocycles. The molecule has 0 aliphatic rings. The van der Waals surface area contributed by atoms with Crippen molar-refractivity contribution in [2.24, 2.45) is 0 Å². The maximum atomic E-state index is 12.0. The molecular weight excluding hydrogens is 231 g/mol. The summed E-state index contributed by atoms with van der Waals surface area (Å²) in [5.41, 5.74) is 1.03. The summed E-state index contributed by atoms with van der Waals surface area (Å²) in [6.45, 7) is 1.91. The first-order valence-electron chi connectivity index (χ1n) is 5.51. The van der Waals surface area contributed by atoms with E-state index in [2.05, 4.69) is 0 Å². The van der Waals surface area contributed by atoms with Crippen molar-refractivity contribution in [3.63, 3.8) is 0 Å². The van der Waals surface area contributed by atoms with Crippen LogP contribution in [0.15, 0.2) is 60.7 Å². The van der Waals surface area contributed by atoms with Gasteiger partial charge in [0.15, 0.2) is 0 Å². The monoisotopic (exact) mass is 245 g/mol. The zero-order valence-electron chi connectivity index (χ0n) is 9.61. The van der Waals surface area contributed by atoms with E-state index in [0.717, 1.165) is 10.9 Å². The highest BCUT2D eigenvalue weighted by Crippen LogP contribution is 2.30. The van der Waals surface area contributed by atoms with E-state index >= 15 is 0 Å². The average Bonchev–Trinajstić information content (AvgIpc) is 2.40. The third kappa shape index (κ3) is 3.23. The SMILES string of the molecule is CC(O[P+](=O)c1ccccc1)c1ccccc1. The summed E-state index contributed by atoms with van der Waals surface area (Å²) in [7, 11) is -1.79. The molecule has 2 aromatic carbocycles. The van der Waals surface area contributed by atoms with Crippen molar-refractivity contribution in [3.05, 3.63) is 66.2 Å². The average molecular weight is 245 g/mol. The van der Waals surface area contributed by atoms with E-state index in [9.17, 15) is 4.57 Å². The first-order valence-corrected chi connectivity index (χ1v) is 6.69. The molecule has 0 N–H and O–H groups in total. The second kappa shape index (κ2) is 5.72. The van der Waals surface area contributed by atoms with Crippen LogP contribution < -0.4 is 5.30 Å². The summed E-state index contributed by atoms with van der Waals surface area (Å²) in [4.78, 5) is 0. The van der Waals surface area contributed by atoms with Crippen LogP contribution in [0.4, 0.5) is 0 Å². The topological polar surface area (TPSA) is 26.3 Å². The fraction of sp³-hybridized carbons (Fsp3) is 0.143. The number of hydrogen-bond donors (Lipinski definition) is 0. The smallest absolute Gasteiger partial charge is 0.134 e. The van der Waals surface area contributed by atoms with Gasteiger partial charge in [-0.2, -0.15) is 0 Å². The Labute approximate surface area is 102 Å². The lowest BCUT2D eigenvalue weighted by Gasteiger charge is -2.04. The van der Waals surface area contributed by atoms with Gasteiger partial charge in [-0.15, -0.1) is 4.52 Å². The molecule has 2 nitrogen and oxygen atoms in total. The molecule has 0 saturated heterocycles. The maximum Gasteiger partial charge on any atom is 0.549 e. The van der Waals surface area contributed by atoms with Gasteiger partial charge in [-0.3, -0.25) is 0 Å². The summed E-state index contributed by atoms with van der Waals surface area (Å²) in [5.74, 6) is 0. The Kier molecular flexibility index (Phi) is 4.03. The zero-order chi connectivity index (χ0) is 12.1. The molecule has 0 bridgehead atoms. The maximum absolute atomic E-state index is 12.0. The molecule has 2 unspecified atom stereocenters. The van der Waals surface area contributed by atoms with Crippen LogP contribution >= 0.6 is 8.03 Å². The van der Waals surface area contributed by atoms with Gasteiger partial charge in [-0.25, -0.2) is 0 Å². The largest absolute Gasteiger partial charge is 0.549 e. The highest BCUT2D eigenvalue weighted by molar-refractivity contribution is 7.48. The molecule has 0 spiro atoms. The van der Waals surface area contributed by atoms with Crippen molar-refractivity contribution in [2.75, 3.05) is 0 Å². The van der Waals surface area contributed by atoms with Gasteiger partial charge in [0.05, 0.1) is 0 Å². The molecule has 0 amide bonds. The molecule has 0 aromatic heterocycles. The molecule has 2 aromatic rings. The standard InChI is InChI=1S/C14H14O2P/c1-12(13-8-4-2-5-9-13)16-17(15)14-10-6-3-7-11-14/h2-12H,1H3/q+1. The molecule has 0 aliphatic heterocycles. The fourth-order valence-electron chi connectivity index (χ4n) is 1.54. The van der Waals surface area contributed by atoms with Crippen molar-refractivity contribution >= 4 is 13.3 Å². The Morgan fingerprint density at radius 1 is 0.941 bits per heavy atom. The first-order chi connectivity index (χ1) is 8.27. The Hall–Kier alpha value is -1.50. The summed E-state index contributed by atoms with van der Waals surface area (Å²) in [6, 6.07) is 19.0. The van der Waals surface area contributed by atoms with E-state index in [-0.39, 0.29) is 6.10 Å². The van der Waals surface area contributed by atoms with Crippen LogP contribution in [-0.4, -0.2) is 0 Å². The molecular formula is C14H14O2P+. The first kappa shape index (κ1) is 12.0. The Morgan fingerprint density at radius 3 is 2.06 bits per heavy atom. The highest BCUT2D eigenvalue weighted by Gasteiger charge is 2.25. The molecule has 0 saturated carbocycles. The number of hydrogen-bond acceptors (Lipinski definition) is 2. The van der Waals surface area contributed by atoms with Gasteiger partial charge < -0.3 is 0 Å². The van der Waals surface area contributed by atoms with E-state index in [4.69, 9.17) is 4.52 Å². The third-order valence-electron chi connectivity index (χ3n) is 2.49. The van der Waals surface area contributed by atoms with Crippen LogP contribution in [0.3, 0.4) is 0 Å². The second-order valence-corrected chi connectivity index (χ2v) is 4.99. The lowest BCUT2D eigenvalue weighted by molar-refractivity contribution is 0.245. The summed E-state index contributed by atoms with van der Waals surface area (Å²) in [5, 5.41) is 0.727. The molecule has 3 heteroatoms. The lowest BCUT2D eigenvalue weighted by Crippen LogP contribution is -2.00. The van der Waals surface area contributed by atoms with E-state index in [1.54, 1.807) is 0 Å². The van der Waals surface area contributed by atoms with E-state index < -0.39 is 8.03 Å². The van der Waals surface area contributed by atoms with E-state index in [1.165, 1.54) is 0 Å². The van der Waals surface area contributed by atoms with Gasteiger partial charge >= 0.3 is 8.03 Å². The van der Waals surface area contributed by atoms with Gasteiger partial charge in [-0.05, 0) is 29.2 Å². The van der Waals surface area contributed by atoms with Gasteiger partial charge in [0, 0.05) is 0 Å². The van der Waals surface area contributed by atoms with Crippen LogP contribution in [-0.2, 0) is 9.09 Å². The minimum absolute atomic E-state index is 0.167. The molecule has 17 heavy (non-hydrogen) atoms. The van der Waals surface area contributed by atoms with Crippen molar-refractivity contribution in [1.82, 2.24) is 0 Å². The van der Waals surface area contributed by atoms with Crippen molar-refractivity contribution in [3.8, 4) is 0 Å². The minimum Gasteiger partial charge on any atom is -0.134 e. The zero-order valence-corrected chi connectivity index (χ0v) is 10.5. The summed E-state index contributed by atoms with van der Waals surface area (Å²) in [6.07, 6.45) is -0.167. The molecule has 2 atom stereocenters. The Morgan fingerprint density at radius 2 is 1.47 bits per heavy atom. The van der Waals surface area contributed by atoms with E-state index in [0.29, 0.717) is 0 Å². The highest BCUT2D eigenvalue weighted by atomic mass is 31.1. The van der Waals surface area contributed by atoms with Gasteiger partial charge in [0.1, 0.15) is 6.10 Å². The summed E-state index contributed by atoms with van der Waals surface area (Å²) < 4.78 is 17.5. The summed E-state index contributed by atoms with van der Waals surface area (Å²) >= 11 is 0. The Balaban J connectivity index is 2.05. The van der Waals surface area contributed by atoms with E-state index in [1.807, 2.05) is 67.6 Å². The Bertz CT molecular complexity index is 482. The molecule has 2 rings (SSSR count). The molecule has 0 radical (unpaired) electrons. The minimum atomic E-state index is -1.79. The second-order valence-electron chi connectivity index (χ2n) is 3.75. The third-order valence-corrected chi connectivity index (χ3v) is 3.72. The number of rotatable bonds is 4. The fourth-order valence-corrected chi connectivity index (χ4v) is 2.49.